The van der Waals surface area contributed by atoms with Gasteiger partial charge in [0.25, 0.3) is 0 Å². The van der Waals surface area contributed by atoms with Gasteiger partial charge in [0.05, 0.1) is 18.8 Å². The summed E-state index contributed by atoms with van der Waals surface area (Å²) in [5.74, 6) is 0. The van der Waals surface area contributed by atoms with Crippen molar-refractivity contribution in [1.82, 2.24) is 5.32 Å². The van der Waals surface area contributed by atoms with Gasteiger partial charge < -0.3 is 14.8 Å². The first-order chi connectivity index (χ1) is 8.27. The molecule has 1 N–H and O–H groups in total. The van der Waals surface area contributed by atoms with E-state index in [-0.39, 0.29) is 12.2 Å². The lowest BCUT2D eigenvalue weighted by molar-refractivity contribution is -0.0464. The summed E-state index contributed by atoms with van der Waals surface area (Å²) in [6.07, 6.45) is 0.185. The van der Waals surface area contributed by atoms with Gasteiger partial charge in [0, 0.05) is 13.2 Å². The van der Waals surface area contributed by atoms with E-state index in [1.54, 1.807) is 0 Å². The molecule has 17 heavy (non-hydrogen) atoms. The Bertz CT molecular complexity index is 290. The first kappa shape index (κ1) is 14.2. The van der Waals surface area contributed by atoms with E-state index < -0.39 is 0 Å². The molecule has 1 aromatic rings. The quantitative estimate of drug-likeness (QED) is 0.753. The number of nitrogens with one attached hydrogen (secondary N) is 1. The van der Waals surface area contributed by atoms with Crippen LogP contribution in [-0.4, -0.2) is 32.9 Å². The Balaban J connectivity index is 2.54. The summed E-state index contributed by atoms with van der Waals surface area (Å²) < 4.78 is 11.4. The van der Waals surface area contributed by atoms with Gasteiger partial charge in [-0.05, 0) is 26.5 Å². The van der Waals surface area contributed by atoms with E-state index in [4.69, 9.17) is 9.47 Å². The summed E-state index contributed by atoms with van der Waals surface area (Å²) >= 11 is 0. The second kappa shape index (κ2) is 8.23. The maximum absolute atomic E-state index is 5.99. The number of ether oxygens (including phenoxy) is 2. The number of rotatable bonds is 8. The lowest BCUT2D eigenvalue weighted by Gasteiger charge is -2.22. The Morgan fingerprint density at radius 2 is 1.94 bits per heavy atom. The van der Waals surface area contributed by atoms with Crippen LogP contribution in [0.15, 0.2) is 30.3 Å². The van der Waals surface area contributed by atoms with Gasteiger partial charge in [0.15, 0.2) is 0 Å². The smallest absolute Gasteiger partial charge is 0.0953 e. The minimum Gasteiger partial charge on any atom is -0.379 e. The number of hydrogen-bond acceptors (Lipinski definition) is 3. The third-order valence-electron chi connectivity index (χ3n) is 2.51. The molecule has 0 saturated heterocycles. The van der Waals surface area contributed by atoms with Crippen LogP contribution in [0.4, 0.5) is 0 Å². The average Bonchev–Trinajstić information content (AvgIpc) is 2.37. The van der Waals surface area contributed by atoms with E-state index in [0.29, 0.717) is 6.61 Å². The summed E-state index contributed by atoms with van der Waals surface area (Å²) in [6, 6.07) is 10.3. The first-order valence-electron chi connectivity index (χ1n) is 6.20. The van der Waals surface area contributed by atoms with Crippen molar-refractivity contribution < 1.29 is 9.47 Å². The Kier molecular flexibility index (Phi) is 6.86. The second-order valence-electron chi connectivity index (χ2n) is 4.06. The molecule has 0 aromatic heterocycles. The molecule has 0 amide bonds. The molecule has 96 valence electrons. The monoisotopic (exact) mass is 237 g/mol. The van der Waals surface area contributed by atoms with Crippen LogP contribution in [0.2, 0.25) is 0 Å². The number of benzene rings is 1. The van der Waals surface area contributed by atoms with Gasteiger partial charge in [-0.3, -0.25) is 0 Å². The third kappa shape index (κ3) is 5.31. The van der Waals surface area contributed by atoms with E-state index in [0.717, 1.165) is 13.2 Å². The molecular formula is C14H23NO2. The topological polar surface area (TPSA) is 30.5 Å². The van der Waals surface area contributed by atoms with Crippen molar-refractivity contribution in [2.45, 2.75) is 26.1 Å². The molecule has 0 aliphatic rings. The standard InChI is InChI=1S/C14H23NO2/c1-4-16-11-12(2)17-14(10-15-3)13-8-6-5-7-9-13/h5-9,12,14-15H,4,10-11H2,1-3H3. The van der Waals surface area contributed by atoms with Gasteiger partial charge in [0.2, 0.25) is 0 Å². The average molecular weight is 237 g/mol. The molecule has 3 heteroatoms. The Morgan fingerprint density at radius 1 is 1.24 bits per heavy atom. The molecule has 3 nitrogen and oxygen atoms in total. The zero-order valence-electron chi connectivity index (χ0n) is 11.0. The minimum absolute atomic E-state index is 0.0802. The fourth-order valence-corrected chi connectivity index (χ4v) is 1.70. The van der Waals surface area contributed by atoms with Crippen molar-refractivity contribution in [3.05, 3.63) is 35.9 Å². The van der Waals surface area contributed by atoms with Crippen molar-refractivity contribution in [3.8, 4) is 0 Å². The molecular weight excluding hydrogens is 214 g/mol. The van der Waals surface area contributed by atoms with E-state index in [1.165, 1.54) is 5.56 Å². The second-order valence-corrected chi connectivity index (χ2v) is 4.06. The highest BCUT2D eigenvalue weighted by atomic mass is 16.5. The van der Waals surface area contributed by atoms with Crippen molar-refractivity contribution in [1.29, 1.82) is 0 Å². The molecule has 0 aliphatic carbocycles. The number of likely N-dealkylation sites (N-methyl/N-ethyl adjacent to an activating group) is 1. The van der Waals surface area contributed by atoms with Crippen LogP contribution in [-0.2, 0) is 9.47 Å². The van der Waals surface area contributed by atoms with Gasteiger partial charge in [0.1, 0.15) is 0 Å². The SMILES string of the molecule is CCOCC(C)OC(CNC)c1ccccc1. The van der Waals surface area contributed by atoms with E-state index in [2.05, 4.69) is 17.4 Å². The maximum atomic E-state index is 5.99. The maximum Gasteiger partial charge on any atom is 0.0953 e. The van der Waals surface area contributed by atoms with Crippen molar-refractivity contribution in [2.24, 2.45) is 0 Å². The fourth-order valence-electron chi connectivity index (χ4n) is 1.70. The van der Waals surface area contributed by atoms with Gasteiger partial charge in [-0.15, -0.1) is 0 Å². The van der Waals surface area contributed by atoms with Gasteiger partial charge in [-0.25, -0.2) is 0 Å². The number of hydrogen-bond donors (Lipinski definition) is 1. The summed E-state index contributed by atoms with van der Waals surface area (Å²) in [5.41, 5.74) is 1.20. The zero-order valence-corrected chi connectivity index (χ0v) is 11.0. The molecule has 0 aliphatic heterocycles. The van der Waals surface area contributed by atoms with Crippen LogP contribution >= 0.6 is 0 Å². The molecule has 0 heterocycles. The predicted octanol–water partition coefficient (Wildman–Crippen LogP) is 2.39. The lowest BCUT2D eigenvalue weighted by Crippen LogP contribution is -2.25. The summed E-state index contributed by atoms with van der Waals surface area (Å²) in [5, 5.41) is 3.16. The van der Waals surface area contributed by atoms with E-state index >= 15 is 0 Å². The van der Waals surface area contributed by atoms with Crippen LogP contribution < -0.4 is 5.32 Å². The molecule has 0 saturated carbocycles. The first-order valence-corrected chi connectivity index (χ1v) is 6.20. The summed E-state index contributed by atoms with van der Waals surface area (Å²) in [6.45, 7) is 6.22. The van der Waals surface area contributed by atoms with Crippen LogP contribution in [0.5, 0.6) is 0 Å². The largest absolute Gasteiger partial charge is 0.379 e. The molecule has 1 rings (SSSR count). The van der Waals surface area contributed by atoms with Crippen molar-refractivity contribution in [2.75, 3.05) is 26.8 Å². The normalized spacial score (nSPS) is 14.5. The van der Waals surface area contributed by atoms with Crippen molar-refractivity contribution in [3.63, 3.8) is 0 Å². The predicted molar refractivity (Wildman–Crippen MR) is 70.1 cm³/mol. The minimum atomic E-state index is 0.0802. The molecule has 0 radical (unpaired) electrons. The fraction of sp³-hybridized carbons (Fsp3) is 0.571. The van der Waals surface area contributed by atoms with Gasteiger partial charge in [-0.1, -0.05) is 30.3 Å². The molecule has 1 aromatic carbocycles. The van der Waals surface area contributed by atoms with Crippen LogP contribution in [0.1, 0.15) is 25.5 Å². The van der Waals surface area contributed by atoms with Crippen LogP contribution in [0.25, 0.3) is 0 Å². The highest BCUT2D eigenvalue weighted by molar-refractivity contribution is 5.17. The Morgan fingerprint density at radius 3 is 2.53 bits per heavy atom. The third-order valence-corrected chi connectivity index (χ3v) is 2.51. The molecule has 2 unspecified atom stereocenters. The van der Waals surface area contributed by atoms with Crippen LogP contribution in [0.3, 0.4) is 0 Å². The van der Waals surface area contributed by atoms with Gasteiger partial charge in [-0.2, -0.15) is 0 Å². The van der Waals surface area contributed by atoms with E-state index in [1.807, 2.05) is 39.1 Å². The molecule has 2 atom stereocenters. The van der Waals surface area contributed by atoms with E-state index in [9.17, 15) is 0 Å². The summed E-state index contributed by atoms with van der Waals surface area (Å²) in [7, 11) is 1.94. The molecule has 0 fully saturated rings. The lowest BCUT2D eigenvalue weighted by atomic mass is 10.1. The summed E-state index contributed by atoms with van der Waals surface area (Å²) in [4.78, 5) is 0. The molecule has 0 bridgehead atoms. The molecule has 0 spiro atoms. The van der Waals surface area contributed by atoms with Crippen LogP contribution in [0, 0.1) is 0 Å². The Labute approximate surface area is 104 Å². The Hall–Kier alpha value is -0.900. The zero-order chi connectivity index (χ0) is 12.5. The van der Waals surface area contributed by atoms with Gasteiger partial charge >= 0.3 is 0 Å². The van der Waals surface area contributed by atoms with Crippen molar-refractivity contribution >= 4 is 0 Å². The highest BCUT2D eigenvalue weighted by Crippen LogP contribution is 2.18. The highest BCUT2D eigenvalue weighted by Gasteiger charge is 2.14.